The van der Waals surface area contributed by atoms with Gasteiger partial charge in [-0.3, -0.25) is 9.59 Å². The first kappa shape index (κ1) is 20.5. The molecular weight excluding hydrogens is 366 g/mol. The number of ether oxygens (including phenoxy) is 1. The summed E-state index contributed by atoms with van der Waals surface area (Å²) in [5.74, 6) is -0.608. The largest absolute Gasteiger partial charge is 0.491 e. The van der Waals surface area contributed by atoms with Crippen LogP contribution < -0.4 is 10.1 Å². The number of hydrogen-bond donors (Lipinski definition) is 2. The summed E-state index contributed by atoms with van der Waals surface area (Å²) in [5.41, 5.74) is 2.20. The summed E-state index contributed by atoms with van der Waals surface area (Å²) in [5, 5.41) is 12.3. The van der Waals surface area contributed by atoms with Gasteiger partial charge in [-0.2, -0.15) is 0 Å². The van der Waals surface area contributed by atoms with Crippen LogP contribution in [-0.2, 0) is 16.0 Å². The molecule has 0 bridgehead atoms. The van der Waals surface area contributed by atoms with Gasteiger partial charge in [-0.25, -0.2) is 0 Å². The first-order chi connectivity index (χ1) is 13.0. The number of aryl methyl sites for hydroxylation is 1. The fraction of sp³-hybridized carbons (Fsp3) is 0.238. The average Bonchev–Trinajstić information content (AvgIpc) is 2.65. The zero-order chi connectivity index (χ0) is 19.6. The maximum absolute atomic E-state index is 12.3. The molecule has 0 unspecified atom stereocenters. The maximum Gasteiger partial charge on any atom is 0.303 e. The van der Waals surface area contributed by atoms with Crippen molar-refractivity contribution in [2.75, 3.05) is 11.9 Å². The number of nitrogens with one attached hydrogen (secondary N) is 1. The van der Waals surface area contributed by atoms with Crippen LogP contribution in [-0.4, -0.2) is 23.6 Å². The number of carboxylic acids is 1. The summed E-state index contributed by atoms with van der Waals surface area (Å²) in [6.07, 6.45) is 4.36. The molecule has 0 heterocycles. The lowest BCUT2D eigenvalue weighted by atomic mass is 10.1. The standard InChI is InChI=1S/C21H22ClNO4/c1-2-13-27-19-10-5-16(7-12-21(25)26)14-18(19)23-20(24)11-6-15-3-8-17(22)9-4-15/h3-6,8-11,14H,2,7,12-13H2,1H3,(H,23,24)(H,25,26)/b11-6+. The van der Waals surface area contributed by atoms with Crippen molar-refractivity contribution in [2.24, 2.45) is 0 Å². The van der Waals surface area contributed by atoms with Crippen LogP contribution in [0.2, 0.25) is 5.02 Å². The smallest absolute Gasteiger partial charge is 0.303 e. The Morgan fingerprint density at radius 3 is 2.59 bits per heavy atom. The molecule has 0 radical (unpaired) electrons. The van der Waals surface area contributed by atoms with Gasteiger partial charge >= 0.3 is 5.97 Å². The highest BCUT2D eigenvalue weighted by atomic mass is 35.5. The Hall–Kier alpha value is -2.79. The minimum Gasteiger partial charge on any atom is -0.491 e. The fourth-order valence-corrected chi connectivity index (χ4v) is 2.47. The number of benzene rings is 2. The predicted octanol–water partition coefficient (Wildman–Crippen LogP) is 4.80. The van der Waals surface area contributed by atoms with E-state index >= 15 is 0 Å². The molecule has 0 aliphatic heterocycles. The summed E-state index contributed by atoms with van der Waals surface area (Å²) in [6, 6.07) is 12.5. The van der Waals surface area contributed by atoms with Crippen molar-refractivity contribution in [1.29, 1.82) is 0 Å². The van der Waals surface area contributed by atoms with Crippen LogP contribution in [0.15, 0.2) is 48.5 Å². The molecule has 0 fully saturated rings. The maximum atomic E-state index is 12.3. The summed E-state index contributed by atoms with van der Waals surface area (Å²) >= 11 is 5.85. The molecule has 0 saturated heterocycles. The lowest BCUT2D eigenvalue weighted by Gasteiger charge is -2.13. The van der Waals surface area contributed by atoms with Crippen LogP contribution in [0.4, 0.5) is 5.69 Å². The Kier molecular flexibility index (Phi) is 7.89. The van der Waals surface area contributed by atoms with Gasteiger partial charge in [-0.1, -0.05) is 36.7 Å². The summed E-state index contributed by atoms with van der Waals surface area (Å²) in [7, 11) is 0. The highest BCUT2D eigenvalue weighted by Crippen LogP contribution is 2.27. The molecule has 2 N–H and O–H groups in total. The highest BCUT2D eigenvalue weighted by molar-refractivity contribution is 6.30. The second-order valence-electron chi connectivity index (χ2n) is 5.95. The summed E-state index contributed by atoms with van der Waals surface area (Å²) in [4.78, 5) is 23.1. The molecule has 0 aliphatic rings. The van der Waals surface area contributed by atoms with Gasteiger partial charge in [-0.05, 0) is 54.3 Å². The molecule has 6 heteroatoms. The number of anilines is 1. The SMILES string of the molecule is CCCOc1ccc(CCC(=O)O)cc1NC(=O)/C=C/c1ccc(Cl)cc1. The third kappa shape index (κ3) is 7.15. The van der Waals surface area contributed by atoms with E-state index in [0.29, 0.717) is 29.5 Å². The zero-order valence-corrected chi connectivity index (χ0v) is 15.8. The predicted molar refractivity (Wildman–Crippen MR) is 107 cm³/mol. The molecule has 0 atom stereocenters. The van der Waals surface area contributed by atoms with Gasteiger partial charge < -0.3 is 15.2 Å². The number of carbonyl (C=O) groups is 2. The van der Waals surface area contributed by atoms with Gasteiger partial charge in [0.15, 0.2) is 0 Å². The number of carbonyl (C=O) groups excluding carboxylic acids is 1. The summed E-state index contributed by atoms with van der Waals surface area (Å²) in [6.45, 7) is 2.52. The molecule has 142 valence electrons. The third-order valence-electron chi connectivity index (χ3n) is 3.69. The van der Waals surface area contributed by atoms with E-state index in [2.05, 4.69) is 5.32 Å². The minimum atomic E-state index is -0.863. The normalized spacial score (nSPS) is 10.7. The van der Waals surface area contributed by atoms with Crippen molar-refractivity contribution in [3.8, 4) is 5.75 Å². The van der Waals surface area contributed by atoms with Gasteiger partial charge in [0.1, 0.15) is 5.75 Å². The van der Waals surface area contributed by atoms with Gasteiger partial charge in [0, 0.05) is 17.5 Å². The number of aliphatic carboxylic acids is 1. The molecule has 2 rings (SSSR count). The molecule has 0 spiro atoms. The summed E-state index contributed by atoms with van der Waals surface area (Å²) < 4.78 is 5.67. The Labute approximate surface area is 163 Å². The van der Waals surface area contributed by atoms with Gasteiger partial charge in [0.2, 0.25) is 5.91 Å². The van der Waals surface area contributed by atoms with E-state index < -0.39 is 5.97 Å². The van der Waals surface area contributed by atoms with Crippen LogP contribution in [0.3, 0.4) is 0 Å². The molecule has 27 heavy (non-hydrogen) atoms. The van der Waals surface area contributed by atoms with Crippen molar-refractivity contribution >= 4 is 35.2 Å². The van der Waals surface area contributed by atoms with Gasteiger partial charge in [-0.15, -0.1) is 0 Å². The first-order valence-corrected chi connectivity index (χ1v) is 9.08. The van der Waals surface area contributed by atoms with Gasteiger partial charge in [0.25, 0.3) is 0 Å². The molecule has 2 aromatic rings. The highest BCUT2D eigenvalue weighted by Gasteiger charge is 2.09. The van der Waals surface area contributed by atoms with Crippen molar-refractivity contribution < 1.29 is 19.4 Å². The third-order valence-corrected chi connectivity index (χ3v) is 3.94. The van der Waals surface area contributed by atoms with Crippen molar-refractivity contribution in [3.63, 3.8) is 0 Å². The van der Waals surface area contributed by atoms with Crippen molar-refractivity contribution in [1.82, 2.24) is 0 Å². The zero-order valence-electron chi connectivity index (χ0n) is 15.1. The molecular formula is C21H22ClNO4. The quantitative estimate of drug-likeness (QED) is 0.606. The Morgan fingerprint density at radius 2 is 1.93 bits per heavy atom. The molecule has 1 amide bonds. The second kappa shape index (κ2) is 10.4. The lowest BCUT2D eigenvalue weighted by Crippen LogP contribution is -2.10. The Balaban J connectivity index is 2.12. The molecule has 0 saturated carbocycles. The Morgan fingerprint density at radius 1 is 1.19 bits per heavy atom. The number of rotatable bonds is 9. The van der Waals surface area contributed by atoms with Crippen LogP contribution >= 0.6 is 11.6 Å². The van der Waals surface area contributed by atoms with Crippen LogP contribution in [0, 0.1) is 0 Å². The molecule has 2 aromatic carbocycles. The second-order valence-corrected chi connectivity index (χ2v) is 6.38. The number of carboxylic acid groups (broad SMARTS) is 1. The molecule has 0 aliphatic carbocycles. The van der Waals surface area contributed by atoms with E-state index in [1.807, 2.05) is 25.1 Å². The van der Waals surface area contributed by atoms with Gasteiger partial charge in [0.05, 0.1) is 12.3 Å². The van der Waals surface area contributed by atoms with Crippen molar-refractivity contribution in [2.45, 2.75) is 26.2 Å². The number of amides is 1. The number of halogens is 1. The van der Waals surface area contributed by atoms with E-state index in [9.17, 15) is 9.59 Å². The topological polar surface area (TPSA) is 75.6 Å². The molecule has 0 aromatic heterocycles. The van der Waals surface area contributed by atoms with Crippen molar-refractivity contribution in [3.05, 3.63) is 64.7 Å². The van der Waals surface area contributed by atoms with Crippen LogP contribution in [0.25, 0.3) is 6.08 Å². The van der Waals surface area contributed by atoms with E-state index in [-0.39, 0.29) is 12.3 Å². The number of hydrogen-bond acceptors (Lipinski definition) is 3. The van der Waals surface area contributed by atoms with Crippen LogP contribution in [0.5, 0.6) is 5.75 Å². The first-order valence-electron chi connectivity index (χ1n) is 8.70. The average molecular weight is 388 g/mol. The van der Waals surface area contributed by atoms with Crippen LogP contribution in [0.1, 0.15) is 30.9 Å². The minimum absolute atomic E-state index is 0.0268. The van der Waals surface area contributed by atoms with E-state index in [1.165, 1.54) is 6.08 Å². The fourth-order valence-electron chi connectivity index (χ4n) is 2.34. The lowest BCUT2D eigenvalue weighted by molar-refractivity contribution is -0.137. The van der Waals surface area contributed by atoms with E-state index in [0.717, 1.165) is 17.5 Å². The van der Waals surface area contributed by atoms with E-state index in [4.69, 9.17) is 21.4 Å². The van der Waals surface area contributed by atoms with E-state index in [1.54, 1.807) is 30.3 Å². The monoisotopic (exact) mass is 387 g/mol. The molecule has 5 nitrogen and oxygen atoms in total. The Bertz CT molecular complexity index is 815.